The number of fused-ring (bicyclic) bond motifs is 4. The molecule has 0 radical (unpaired) electrons. The quantitative estimate of drug-likeness (QED) is 0.306. The zero-order chi connectivity index (χ0) is 29.5. The van der Waals surface area contributed by atoms with E-state index in [2.05, 4.69) is 0 Å². The number of likely N-dealkylation sites (tertiary alicyclic amines) is 1. The molecule has 3 heterocycles. The first-order chi connectivity index (χ1) is 21.0. The number of hydrogen-bond donors (Lipinski definition) is 1. The van der Waals surface area contributed by atoms with E-state index in [-0.39, 0.29) is 18.6 Å². The number of hydrogen-bond acceptors (Lipinski definition) is 4. The van der Waals surface area contributed by atoms with E-state index in [4.69, 9.17) is 4.74 Å². The van der Waals surface area contributed by atoms with Crippen molar-refractivity contribution in [1.82, 2.24) is 9.80 Å². The highest BCUT2D eigenvalue weighted by molar-refractivity contribution is 6.04. The number of aliphatic carboxylic acids is 1. The van der Waals surface area contributed by atoms with Gasteiger partial charge in [-0.25, -0.2) is 14.4 Å². The van der Waals surface area contributed by atoms with E-state index in [1.165, 1.54) is 4.90 Å². The molecule has 1 unspecified atom stereocenters. The van der Waals surface area contributed by atoms with Gasteiger partial charge in [-0.3, -0.25) is 9.80 Å². The summed E-state index contributed by atoms with van der Waals surface area (Å²) >= 11 is 0. The summed E-state index contributed by atoms with van der Waals surface area (Å²) in [6, 6.07) is 30.3. The lowest BCUT2D eigenvalue weighted by atomic mass is 10.0. The first-order valence-corrected chi connectivity index (χ1v) is 14.4. The van der Waals surface area contributed by atoms with Crippen molar-refractivity contribution in [2.45, 2.75) is 37.6 Å². The van der Waals surface area contributed by atoms with Crippen molar-refractivity contribution in [2.24, 2.45) is 0 Å². The van der Waals surface area contributed by atoms with Crippen LogP contribution in [0.5, 0.6) is 5.75 Å². The molecule has 1 N–H and O–H groups in total. The van der Waals surface area contributed by atoms with Crippen LogP contribution in [0.2, 0.25) is 0 Å². The number of nitrogens with zero attached hydrogens (tertiary/aromatic N) is 4. The van der Waals surface area contributed by atoms with E-state index in [9.17, 15) is 19.5 Å². The molecule has 0 saturated carbocycles. The number of carbonyl (C=O) groups excluding carboxylic acids is 2. The number of amides is 4. The summed E-state index contributed by atoms with van der Waals surface area (Å²) in [5, 5.41) is 10.6. The van der Waals surface area contributed by atoms with Crippen molar-refractivity contribution in [3.05, 3.63) is 115 Å². The molecule has 43 heavy (non-hydrogen) atoms. The Morgan fingerprint density at radius 2 is 1.35 bits per heavy atom. The third-order valence-electron chi connectivity index (χ3n) is 8.51. The van der Waals surface area contributed by atoms with Crippen molar-refractivity contribution in [3.8, 4) is 5.75 Å². The number of carbonyl (C=O) groups is 3. The SMILES string of the molecule is O=C(O)[C@@H]1[C@H]2CCC(CN1C(=O)N(c1ccccc1)c1ccccc1)N2C(=O)N1c2ccccc2COc2ccccc21. The highest BCUT2D eigenvalue weighted by Gasteiger charge is 2.54. The molecular weight excluding hydrogens is 544 g/mol. The lowest BCUT2D eigenvalue weighted by molar-refractivity contribution is -0.145. The topological polar surface area (TPSA) is 93.6 Å². The monoisotopic (exact) mass is 574 g/mol. The molecule has 2 saturated heterocycles. The van der Waals surface area contributed by atoms with Crippen LogP contribution in [0.4, 0.5) is 32.3 Å². The van der Waals surface area contributed by atoms with E-state index >= 15 is 0 Å². The summed E-state index contributed by atoms with van der Waals surface area (Å²) < 4.78 is 6.07. The van der Waals surface area contributed by atoms with Gasteiger partial charge >= 0.3 is 18.0 Å². The summed E-state index contributed by atoms with van der Waals surface area (Å²) in [4.78, 5) is 48.2. The van der Waals surface area contributed by atoms with Gasteiger partial charge in [0.15, 0.2) is 6.04 Å². The Hall–Kier alpha value is -5.31. The summed E-state index contributed by atoms with van der Waals surface area (Å²) in [5.74, 6) is -0.568. The molecule has 3 atom stereocenters. The molecule has 216 valence electrons. The molecule has 3 aliphatic rings. The Kier molecular flexibility index (Phi) is 6.69. The third-order valence-corrected chi connectivity index (χ3v) is 8.51. The standard InChI is InChI=1S/C34H30N4O5/c39-32(40)31-29-20-19-26(21-35(31)33(41)36(24-12-3-1-4-13-24)25-14-5-2-6-15-25)37(29)34(42)38-27-16-8-7-11-23(27)22-43-30-18-10-9-17-28(30)38/h1-18,26,29,31H,19-22H2,(H,39,40)/t26?,29-,31+/m1/s1. The van der Waals surface area contributed by atoms with Crippen LogP contribution in [0, 0.1) is 0 Å². The number of para-hydroxylation sites is 5. The van der Waals surface area contributed by atoms with Gasteiger partial charge in [0.1, 0.15) is 12.4 Å². The van der Waals surface area contributed by atoms with Crippen LogP contribution in [0.15, 0.2) is 109 Å². The van der Waals surface area contributed by atoms with Crippen LogP contribution in [0.1, 0.15) is 18.4 Å². The molecule has 9 nitrogen and oxygen atoms in total. The van der Waals surface area contributed by atoms with Crippen LogP contribution >= 0.6 is 0 Å². The number of rotatable bonds is 3. The highest BCUT2D eigenvalue weighted by atomic mass is 16.5. The normalized spacial score (nSPS) is 20.4. The fourth-order valence-corrected chi connectivity index (χ4v) is 6.62. The van der Waals surface area contributed by atoms with Crippen LogP contribution in [0.3, 0.4) is 0 Å². The van der Waals surface area contributed by atoms with E-state index in [1.54, 1.807) is 14.7 Å². The number of ether oxygens (including phenoxy) is 1. The molecule has 4 aromatic rings. The van der Waals surface area contributed by atoms with Gasteiger partial charge in [-0.15, -0.1) is 0 Å². The van der Waals surface area contributed by atoms with Gasteiger partial charge in [0.05, 0.1) is 34.8 Å². The highest BCUT2D eigenvalue weighted by Crippen LogP contribution is 2.43. The number of anilines is 4. The molecule has 9 heteroatoms. The summed E-state index contributed by atoms with van der Waals surface area (Å²) in [6.07, 6.45) is 1.07. The number of benzene rings is 4. The average Bonchev–Trinajstić information content (AvgIpc) is 3.23. The molecule has 0 aromatic heterocycles. The second-order valence-corrected chi connectivity index (χ2v) is 10.9. The minimum Gasteiger partial charge on any atom is -0.487 e. The Bertz CT molecular complexity index is 1590. The second-order valence-electron chi connectivity index (χ2n) is 10.9. The summed E-state index contributed by atoms with van der Waals surface area (Å²) in [5.41, 5.74) is 3.41. The molecule has 2 bridgehead atoms. The number of urea groups is 2. The zero-order valence-electron chi connectivity index (χ0n) is 23.3. The lowest BCUT2D eigenvalue weighted by Crippen LogP contribution is -2.67. The third kappa shape index (κ3) is 4.53. The minimum absolute atomic E-state index is 0.0990. The van der Waals surface area contributed by atoms with E-state index in [0.29, 0.717) is 47.9 Å². The molecular formula is C34H30N4O5. The van der Waals surface area contributed by atoms with Crippen molar-refractivity contribution < 1.29 is 24.2 Å². The molecule has 2 fully saturated rings. The Balaban J connectivity index is 1.27. The maximum atomic E-state index is 14.6. The van der Waals surface area contributed by atoms with Crippen LogP contribution in [-0.4, -0.2) is 57.6 Å². The maximum Gasteiger partial charge on any atom is 0.329 e. The van der Waals surface area contributed by atoms with Gasteiger partial charge in [-0.2, -0.15) is 0 Å². The molecule has 4 aromatic carbocycles. The van der Waals surface area contributed by atoms with Gasteiger partial charge in [0.25, 0.3) is 0 Å². The maximum absolute atomic E-state index is 14.6. The smallest absolute Gasteiger partial charge is 0.329 e. The van der Waals surface area contributed by atoms with Crippen molar-refractivity contribution in [2.75, 3.05) is 16.3 Å². The molecule has 0 spiro atoms. The average molecular weight is 575 g/mol. The van der Waals surface area contributed by atoms with Crippen molar-refractivity contribution >= 4 is 40.8 Å². The van der Waals surface area contributed by atoms with Crippen LogP contribution < -0.4 is 14.5 Å². The predicted octanol–water partition coefficient (Wildman–Crippen LogP) is 6.40. The molecule has 4 amide bonds. The number of piperazine rings is 1. The van der Waals surface area contributed by atoms with Crippen molar-refractivity contribution in [3.63, 3.8) is 0 Å². The van der Waals surface area contributed by atoms with Gasteiger partial charge in [0.2, 0.25) is 0 Å². The van der Waals surface area contributed by atoms with E-state index < -0.39 is 24.1 Å². The fourth-order valence-electron chi connectivity index (χ4n) is 6.62. The van der Waals surface area contributed by atoms with E-state index in [1.807, 2.05) is 109 Å². The first kappa shape index (κ1) is 26.6. The minimum atomic E-state index is -1.22. The van der Waals surface area contributed by atoms with E-state index in [0.717, 1.165) is 5.56 Å². The lowest BCUT2D eigenvalue weighted by Gasteiger charge is -2.47. The van der Waals surface area contributed by atoms with Crippen molar-refractivity contribution in [1.29, 1.82) is 0 Å². The largest absolute Gasteiger partial charge is 0.487 e. The summed E-state index contributed by atoms with van der Waals surface area (Å²) in [7, 11) is 0. The second kappa shape index (κ2) is 10.8. The molecule has 0 aliphatic carbocycles. The van der Waals surface area contributed by atoms with Gasteiger partial charge in [-0.05, 0) is 55.3 Å². The first-order valence-electron chi connectivity index (χ1n) is 14.4. The predicted molar refractivity (Wildman–Crippen MR) is 162 cm³/mol. The van der Waals surface area contributed by atoms with Gasteiger partial charge in [0, 0.05) is 12.1 Å². The molecule has 3 aliphatic heterocycles. The number of carboxylic acid groups (broad SMARTS) is 1. The summed E-state index contributed by atoms with van der Waals surface area (Å²) in [6.45, 7) is 0.403. The Labute approximate surface area is 249 Å². The number of carboxylic acids is 1. The van der Waals surface area contributed by atoms with Gasteiger partial charge < -0.3 is 19.6 Å². The Morgan fingerprint density at radius 1 is 0.744 bits per heavy atom. The van der Waals surface area contributed by atoms with Crippen LogP contribution in [-0.2, 0) is 11.4 Å². The van der Waals surface area contributed by atoms with Crippen LogP contribution in [0.25, 0.3) is 0 Å². The Morgan fingerprint density at radius 3 is 2.02 bits per heavy atom. The van der Waals surface area contributed by atoms with Gasteiger partial charge in [-0.1, -0.05) is 66.7 Å². The zero-order valence-corrected chi connectivity index (χ0v) is 23.3. The molecule has 7 rings (SSSR count). The fraction of sp³-hybridized carbons (Fsp3) is 0.206.